The second kappa shape index (κ2) is 6.04. The summed E-state index contributed by atoms with van der Waals surface area (Å²) in [5, 5.41) is 27.4. The summed E-state index contributed by atoms with van der Waals surface area (Å²) in [6.07, 6.45) is 0. The van der Waals surface area contributed by atoms with Gasteiger partial charge in [-0.2, -0.15) is 5.10 Å². The summed E-state index contributed by atoms with van der Waals surface area (Å²) < 4.78 is 1.87. The van der Waals surface area contributed by atoms with Crippen LogP contribution in [0.3, 0.4) is 0 Å². The lowest BCUT2D eigenvalue weighted by Crippen LogP contribution is -2.06. The molecule has 2 aromatic heterocycles. The van der Waals surface area contributed by atoms with E-state index in [1.165, 1.54) is 0 Å². The number of benzene rings is 1. The van der Waals surface area contributed by atoms with E-state index in [2.05, 4.69) is 15.4 Å². The lowest BCUT2D eigenvalue weighted by molar-refractivity contribution is 0.260. The number of anilines is 1. The van der Waals surface area contributed by atoms with Gasteiger partial charge in [-0.15, -0.1) is 0 Å². The molecule has 0 unspecified atom stereocenters. The first-order chi connectivity index (χ1) is 10.6. The lowest BCUT2D eigenvalue weighted by Gasteiger charge is -2.10. The Labute approximate surface area is 132 Å². The number of nitrogens with one attached hydrogen (secondary N) is 1. The van der Waals surface area contributed by atoms with Crippen LogP contribution in [0.5, 0.6) is 0 Å². The fraction of sp³-hybridized carbons (Fsp3) is 0.333. The first-order valence-electron chi connectivity index (χ1n) is 7.01. The Morgan fingerprint density at radius 3 is 2.68 bits per heavy atom. The van der Waals surface area contributed by atoms with E-state index < -0.39 is 0 Å². The highest BCUT2D eigenvalue weighted by molar-refractivity contribution is 7.16. The van der Waals surface area contributed by atoms with Gasteiger partial charge in [-0.3, -0.25) is 0 Å². The van der Waals surface area contributed by atoms with Crippen molar-refractivity contribution in [2.45, 2.75) is 33.6 Å². The van der Waals surface area contributed by atoms with E-state index in [4.69, 9.17) is 0 Å². The van der Waals surface area contributed by atoms with Gasteiger partial charge in [0.05, 0.1) is 31.1 Å². The van der Waals surface area contributed by atoms with E-state index in [0.29, 0.717) is 6.54 Å². The van der Waals surface area contributed by atoms with Crippen LogP contribution in [0.25, 0.3) is 4.96 Å². The van der Waals surface area contributed by atoms with Crippen LogP contribution in [0, 0.1) is 13.8 Å². The molecule has 116 valence electrons. The smallest absolute Gasteiger partial charge is 0.212 e. The van der Waals surface area contributed by atoms with Crippen molar-refractivity contribution < 1.29 is 10.2 Å². The van der Waals surface area contributed by atoms with Gasteiger partial charge >= 0.3 is 0 Å². The molecule has 0 spiro atoms. The molecule has 0 fully saturated rings. The maximum atomic E-state index is 9.35. The molecule has 0 saturated carbocycles. The van der Waals surface area contributed by atoms with E-state index in [0.717, 1.165) is 38.2 Å². The van der Waals surface area contributed by atoms with Crippen molar-refractivity contribution in [3.8, 4) is 0 Å². The largest absolute Gasteiger partial charge is 0.392 e. The van der Waals surface area contributed by atoms with Crippen LogP contribution in [0.1, 0.15) is 27.5 Å². The van der Waals surface area contributed by atoms with Crippen molar-refractivity contribution in [3.63, 3.8) is 0 Å². The van der Waals surface area contributed by atoms with Gasteiger partial charge in [0, 0.05) is 5.69 Å². The van der Waals surface area contributed by atoms with Crippen LogP contribution >= 0.6 is 11.3 Å². The predicted molar refractivity (Wildman–Crippen MR) is 86.0 cm³/mol. The highest BCUT2D eigenvalue weighted by atomic mass is 32.1. The SMILES string of the molecule is Cc1nn2c(CNc3ccc(CO)c(CO)c3)c(C)nc2s1. The predicted octanol–water partition coefficient (Wildman–Crippen LogP) is 2.00. The fourth-order valence-electron chi connectivity index (χ4n) is 2.41. The zero-order chi connectivity index (χ0) is 15.7. The standard InChI is InChI=1S/C15H18N4O2S/c1-9-14(19-15(17-9)22-10(2)18-19)6-16-13-4-3-11(7-20)12(5-13)8-21/h3-5,16,20-21H,6-8H2,1-2H3. The number of imidazole rings is 1. The minimum absolute atomic E-state index is 0.0728. The summed E-state index contributed by atoms with van der Waals surface area (Å²) in [4.78, 5) is 5.41. The van der Waals surface area contributed by atoms with Crippen LogP contribution in [-0.4, -0.2) is 24.8 Å². The van der Waals surface area contributed by atoms with Gasteiger partial charge in [0.2, 0.25) is 4.96 Å². The number of rotatable bonds is 5. The molecular formula is C15H18N4O2S. The van der Waals surface area contributed by atoms with Gasteiger partial charge in [0.1, 0.15) is 5.01 Å². The third-order valence-electron chi connectivity index (χ3n) is 3.60. The van der Waals surface area contributed by atoms with Crippen molar-refractivity contribution in [1.82, 2.24) is 14.6 Å². The molecule has 2 heterocycles. The zero-order valence-electron chi connectivity index (χ0n) is 12.5. The molecular weight excluding hydrogens is 300 g/mol. The highest BCUT2D eigenvalue weighted by Gasteiger charge is 2.12. The van der Waals surface area contributed by atoms with Crippen molar-refractivity contribution in [3.05, 3.63) is 45.7 Å². The normalized spacial score (nSPS) is 11.3. The number of hydrogen-bond donors (Lipinski definition) is 3. The quantitative estimate of drug-likeness (QED) is 0.670. The Morgan fingerprint density at radius 1 is 1.18 bits per heavy atom. The molecule has 0 saturated heterocycles. The summed E-state index contributed by atoms with van der Waals surface area (Å²) in [6.45, 7) is 4.37. The molecule has 1 aromatic carbocycles. The van der Waals surface area contributed by atoms with E-state index in [9.17, 15) is 10.2 Å². The minimum atomic E-state index is -0.0906. The summed E-state index contributed by atoms with van der Waals surface area (Å²) in [5.74, 6) is 0. The Kier molecular flexibility index (Phi) is 4.10. The van der Waals surface area contributed by atoms with Crippen molar-refractivity contribution in [2.75, 3.05) is 5.32 Å². The van der Waals surface area contributed by atoms with Gasteiger partial charge in [-0.25, -0.2) is 9.50 Å². The van der Waals surface area contributed by atoms with Gasteiger partial charge in [0.25, 0.3) is 0 Å². The van der Waals surface area contributed by atoms with Crippen LogP contribution < -0.4 is 5.32 Å². The molecule has 7 heteroatoms. The molecule has 0 aliphatic heterocycles. The molecule has 0 aliphatic rings. The summed E-state index contributed by atoms with van der Waals surface area (Å²) >= 11 is 1.57. The number of hydrogen-bond acceptors (Lipinski definition) is 6. The second-order valence-electron chi connectivity index (χ2n) is 5.11. The molecule has 0 bridgehead atoms. The van der Waals surface area contributed by atoms with E-state index in [1.807, 2.05) is 36.6 Å². The average Bonchev–Trinajstić information content (AvgIpc) is 3.00. The lowest BCUT2D eigenvalue weighted by atomic mass is 10.1. The van der Waals surface area contributed by atoms with E-state index >= 15 is 0 Å². The Bertz CT molecular complexity index is 809. The van der Waals surface area contributed by atoms with Crippen LogP contribution in [0.2, 0.25) is 0 Å². The topological polar surface area (TPSA) is 82.7 Å². The number of aliphatic hydroxyl groups is 2. The van der Waals surface area contributed by atoms with Gasteiger partial charge in [0.15, 0.2) is 0 Å². The molecule has 6 nitrogen and oxygen atoms in total. The number of aliphatic hydroxyl groups excluding tert-OH is 2. The molecule has 3 N–H and O–H groups in total. The minimum Gasteiger partial charge on any atom is -0.392 e. The van der Waals surface area contributed by atoms with Crippen molar-refractivity contribution in [2.24, 2.45) is 0 Å². The van der Waals surface area contributed by atoms with E-state index in [-0.39, 0.29) is 13.2 Å². The Hall–Kier alpha value is -1.96. The molecule has 22 heavy (non-hydrogen) atoms. The zero-order valence-corrected chi connectivity index (χ0v) is 13.3. The van der Waals surface area contributed by atoms with Crippen LogP contribution in [-0.2, 0) is 19.8 Å². The van der Waals surface area contributed by atoms with E-state index in [1.54, 1.807) is 11.3 Å². The van der Waals surface area contributed by atoms with Crippen LogP contribution in [0.15, 0.2) is 18.2 Å². The third kappa shape index (κ3) is 2.70. The first-order valence-corrected chi connectivity index (χ1v) is 7.83. The first kappa shape index (κ1) is 15.0. The number of nitrogens with zero attached hydrogens (tertiary/aromatic N) is 3. The second-order valence-corrected chi connectivity index (χ2v) is 6.27. The molecule has 3 rings (SSSR count). The average molecular weight is 318 g/mol. The highest BCUT2D eigenvalue weighted by Crippen LogP contribution is 2.20. The summed E-state index contributed by atoms with van der Waals surface area (Å²) in [6, 6.07) is 5.57. The number of fused-ring (bicyclic) bond motifs is 1. The Morgan fingerprint density at radius 2 is 1.95 bits per heavy atom. The Balaban J connectivity index is 1.83. The van der Waals surface area contributed by atoms with Crippen molar-refractivity contribution in [1.29, 1.82) is 0 Å². The molecule has 0 atom stereocenters. The fourth-order valence-corrected chi connectivity index (χ4v) is 3.22. The van der Waals surface area contributed by atoms with Gasteiger partial charge in [-0.05, 0) is 37.1 Å². The number of aryl methyl sites for hydroxylation is 2. The molecule has 0 aliphatic carbocycles. The van der Waals surface area contributed by atoms with Gasteiger partial charge < -0.3 is 15.5 Å². The maximum Gasteiger partial charge on any atom is 0.212 e. The molecule has 0 radical (unpaired) electrons. The van der Waals surface area contributed by atoms with Crippen LogP contribution in [0.4, 0.5) is 5.69 Å². The molecule has 3 aromatic rings. The number of aromatic nitrogens is 3. The summed E-state index contributed by atoms with van der Waals surface area (Å²) in [7, 11) is 0. The summed E-state index contributed by atoms with van der Waals surface area (Å²) in [5.41, 5.74) is 4.34. The molecule has 0 amide bonds. The monoisotopic (exact) mass is 318 g/mol. The third-order valence-corrected chi connectivity index (χ3v) is 4.43. The van der Waals surface area contributed by atoms with Crippen molar-refractivity contribution >= 4 is 22.0 Å². The van der Waals surface area contributed by atoms with Gasteiger partial charge in [-0.1, -0.05) is 17.4 Å². The maximum absolute atomic E-state index is 9.35.